The molecule has 4 rings (SSSR count). The van der Waals surface area contributed by atoms with Gasteiger partial charge in [0, 0.05) is 24.0 Å². The molecule has 3 nitrogen and oxygen atoms in total. The lowest BCUT2D eigenvalue weighted by Crippen LogP contribution is -2.19. The van der Waals surface area contributed by atoms with Crippen LogP contribution in [0.1, 0.15) is 35.2 Å². The highest BCUT2D eigenvalue weighted by molar-refractivity contribution is 5.86. The highest BCUT2D eigenvalue weighted by atomic mass is 16.4. The van der Waals surface area contributed by atoms with Crippen LogP contribution < -0.4 is 10.9 Å². The maximum atomic E-state index is 12.0. The van der Waals surface area contributed by atoms with E-state index in [-0.39, 0.29) is 11.7 Å². The molecule has 1 heterocycles. The summed E-state index contributed by atoms with van der Waals surface area (Å²) in [5.74, 6) is 0. The summed E-state index contributed by atoms with van der Waals surface area (Å²) in [5, 5.41) is 7.07. The van der Waals surface area contributed by atoms with Crippen molar-refractivity contribution in [3.8, 4) is 0 Å². The quantitative estimate of drug-likeness (QED) is 0.496. The Balaban J connectivity index is 1.67. The molecule has 3 heteroatoms. The molecular weight excluding hydrogens is 334 g/mol. The fraction of sp³-hybridized carbons (Fsp3) is 0.208. The molecule has 0 fully saturated rings. The van der Waals surface area contributed by atoms with Crippen LogP contribution in [0.2, 0.25) is 0 Å². The second-order valence-electron chi connectivity index (χ2n) is 7.19. The number of benzene rings is 3. The molecule has 136 valence electrons. The lowest BCUT2D eigenvalue weighted by atomic mass is 9.99. The minimum Gasteiger partial charge on any atom is -0.423 e. The van der Waals surface area contributed by atoms with Crippen molar-refractivity contribution in [1.82, 2.24) is 5.32 Å². The molecule has 0 aliphatic carbocycles. The van der Waals surface area contributed by atoms with Gasteiger partial charge in [0.25, 0.3) is 0 Å². The van der Waals surface area contributed by atoms with Crippen LogP contribution in [0.3, 0.4) is 0 Å². The maximum Gasteiger partial charge on any atom is 0.336 e. The standard InChI is InChI=1S/C24H23NO2/c1-15-11-22-19(13-24(26)27-23(22)12-16(15)2)14-25-17(3)20-10-6-8-18-7-4-5-9-21(18)20/h4-13,17,25H,14H2,1-3H3/t17-/m1/s1. The third-order valence-corrected chi connectivity index (χ3v) is 5.33. The monoisotopic (exact) mass is 357 g/mol. The second kappa shape index (κ2) is 7.01. The normalized spacial score (nSPS) is 12.6. The topological polar surface area (TPSA) is 42.2 Å². The summed E-state index contributed by atoms with van der Waals surface area (Å²) < 4.78 is 5.40. The maximum absolute atomic E-state index is 12.0. The Morgan fingerprint density at radius 3 is 2.52 bits per heavy atom. The molecule has 0 spiro atoms. The van der Waals surface area contributed by atoms with Crippen molar-refractivity contribution in [3.05, 3.63) is 93.3 Å². The first kappa shape index (κ1) is 17.5. The van der Waals surface area contributed by atoms with Crippen LogP contribution >= 0.6 is 0 Å². The van der Waals surface area contributed by atoms with Crippen molar-refractivity contribution >= 4 is 21.7 Å². The Bertz CT molecular complexity index is 1180. The summed E-state index contributed by atoms with van der Waals surface area (Å²) >= 11 is 0. The predicted octanol–water partition coefficient (Wildman–Crippen LogP) is 5.41. The van der Waals surface area contributed by atoms with Gasteiger partial charge in [-0.15, -0.1) is 0 Å². The molecule has 0 radical (unpaired) electrons. The average Bonchev–Trinajstić information content (AvgIpc) is 2.66. The van der Waals surface area contributed by atoms with E-state index in [0.717, 1.165) is 16.5 Å². The third-order valence-electron chi connectivity index (χ3n) is 5.33. The van der Waals surface area contributed by atoms with Crippen LogP contribution in [0.15, 0.2) is 69.9 Å². The molecule has 3 aromatic carbocycles. The molecule has 0 aliphatic heterocycles. The average molecular weight is 357 g/mol. The van der Waals surface area contributed by atoms with Gasteiger partial charge in [-0.3, -0.25) is 0 Å². The predicted molar refractivity (Wildman–Crippen MR) is 111 cm³/mol. The SMILES string of the molecule is Cc1cc2oc(=O)cc(CN[C@H](C)c3cccc4ccccc34)c2cc1C. The highest BCUT2D eigenvalue weighted by Gasteiger charge is 2.12. The second-order valence-corrected chi connectivity index (χ2v) is 7.19. The molecular formula is C24H23NO2. The zero-order valence-electron chi connectivity index (χ0n) is 15.9. The lowest BCUT2D eigenvalue weighted by molar-refractivity contribution is 0.548. The van der Waals surface area contributed by atoms with Gasteiger partial charge in [-0.05, 0) is 65.9 Å². The van der Waals surface area contributed by atoms with E-state index in [1.807, 2.05) is 13.0 Å². The van der Waals surface area contributed by atoms with E-state index in [4.69, 9.17) is 4.42 Å². The Labute approximate surface area is 158 Å². The van der Waals surface area contributed by atoms with E-state index in [9.17, 15) is 4.79 Å². The van der Waals surface area contributed by atoms with E-state index in [2.05, 4.69) is 67.7 Å². The summed E-state index contributed by atoms with van der Waals surface area (Å²) in [6, 6.07) is 20.6. The zero-order valence-corrected chi connectivity index (χ0v) is 15.9. The van der Waals surface area contributed by atoms with Gasteiger partial charge in [0.05, 0.1) is 0 Å². The number of rotatable bonds is 4. The van der Waals surface area contributed by atoms with Crippen LogP contribution in [-0.2, 0) is 6.54 Å². The van der Waals surface area contributed by atoms with E-state index in [0.29, 0.717) is 12.1 Å². The van der Waals surface area contributed by atoms with Crippen LogP contribution in [-0.4, -0.2) is 0 Å². The van der Waals surface area contributed by atoms with Crippen molar-refractivity contribution in [2.24, 2.45) is 0 Å². The molecule has 0 amide bonds. The molecule has 4 aromatic rings. The fourth-order valence-electron chi connectivity index (χ4n) is 3.63. The van der Waals surface area contributed by atoms with Gasteiger partial charge in [0.15, 0.2) is 0 Å². The summed E-state index contributed by atoms with van der Waals surface area (Å²) in [6.45, 7) is 6.87. The number of nitrogens with one attached hydrogen (secondary N) is 1. The van der Waals surface area contributed by atoms with Gasteiger partial charge in [-0.2, -0.15) is 0 Å². The summed E-state index contributed by atoms with van der Waals surface area (Å²) in [4.78, 5) is 12.0. The number of hydrogen-bond acceptors (Lipinski definition) is 3. The first-order valence-corrected chi connectivity index (χ1v) is 9.28. The molecule has 1 atom stereocenters. The molecule has 1 N–H and O–H groups in total. The Hall–Kier alpha value is -2.91. The van der Waals surface area contributed by atoms with Crippen LogP contribution in [0.25, 0.3) is 21.7 Å². The number of hydrogen-bond donors (Lipinski definition) is 1. The molecule has 1 aromatic heterocycles. The smallest absolute Gasteiger partial charge is 0.336 e. The Morgan fingerprint density at radius 1 is 0.926 bits per heavy atom. The molecule has 0 saturated carbocycles. The van der Waals surface area contributed by atoms with E-state index < -0.39 is 0 Å². The number of fused-ring (bicyclic) bond motifs is 2. The van der Waals surface area contributed by atoms with Crippen molar-refractivity contribution in [1.29, 1.82) is 0 Å². The summed E-state index contributed by atoms with van der Waals surface area (Å²) in [5.41, 5.74) is 4.89. The summed E-state index contributed by atoms with van der Waals surface area (Å²) in [7, 11) is 0. The van der Waals surface area contributed by atoms with Gasteiger partial charge in [0.1, 0.15) is 5.58 Å². The van der Waals surface area contributed by atoms with Crippen molar-refractivity contribution in [2.45, 2.75) is 33.4 Å². The van der Waals surface area contributed by atoms with E-state index >= 15 is 0 Å². The van der Waals surface area contributed by atoms with E-state index in [1.54, 1.807) is 6.07 Å². The molecule has 27 heavy (non-hydrogen) atoms. The third kappa shape index (κ3) is 3.38. The molecule has 0 unspecified atom stereocenters. The van der Waals surface area contributed by atoms with Gasteiger partial charge in [-0.25, -0.2) is 4.79 Å². The van der Waals surface area contributed by atoms with Crippen LogP contribution in [0.5, 0.6) is 0 Å². The number of aryl methyl sites for hydroxylation is 2. The largest absolute Gasteiger partial charge is 0.423 e. The van der Waals surface area contributed by atoms with Gasteiger partial charge < -0.3 is 9.73 Å². The minimum absolute atomic E-state index is 0.157. The first-order chi connectivity index (χ1) is 13.0. The fourth-order valence-corrected chi connectivity index (χ4v) is 3.63. The molecule has 0 bridgehead atoms. The molecule has 0 saturated heterocycles. The van der Waals surface area contributed by atoms with Gasteiger partial charge in [0.2, 0.25) is 0 Å². The van der Waals surface area contributed by atoms with Crippen LogP contribution in [0, 0.1) is 13.8 Å². The van der Waals surface area contributed by atoms with Crippen LogP contribution in [0.4, 0.5) is 0 Å². The minimum atomic E-state index is -0.305. The molecule has 0 aliphatic rings. The first-order valence-electron chi connectivity index (χ1n) is 9.28. The highest BCUT2D eigenvalue weighted by Crippen LogP contribution is 2.26. The lowest BCUT2D eigenvalue weighted by Gasteiger charge is -2.17. The zero-order chi connectivity index (χ0) is 19.0. The van der Waals surface area contributed by atoms with E-state index in [1.165, 1.54) is 21.9 Å². The van der Waals surface area contributed by atoms with Crippen molar-refractivity contribution in [3.63, 3.8) is 0 Å². The summed E-state index contributed by atoms with van der Waals surface area (Å²) in [6.07, 6.45) is 0. The van der Waals surface area contributed by atoms with Gasteiger partial charge >= 0.3 is 5.63 Å². The van der Waals surface area contributed by atoms with Gasteiger partial charge in [-0.1, -0.05) is 42.5 Å². The Morgan fingerprint density at radius 2 is 1.67 bits per heavy atom. The van der Waals surface area contributed by atoms with Crippen molar-refractivity contribution < 1.29 is 4.42 Å². The van der Waals surface area contributed by atoms with Crippen molar-refractivity contribution in [2.75, 3.05) is 0 Å². The Kier molecular flexibility index (Phi) is 4.54.